The number of aliphatic carboxylic acids is 1. The van der Waals surface area contributed by atoms with Gasteiger partial charge in [-0.05, 0) is 18.1 Å². The van der Waals surface area contributed by atoms with Crippen molar-refractivity contribution in [1.82, 2.24) is 4.90 Å². The summed E-state index contributed by atoms with van der Waals surface area (Å²) in [5.41, 5.74) is 3.40. The SMILES string of the molecule is Cc1cccc(CSCC(=O)N2C[C@H](C(=O)O)[C@H](c3ccccc3)C2)c1. The minimum Gasteiger partial charge on any atom is -0.481 e. The summed E-state index contributed by atoms with van der Waals surface area (Å²) in [7, 11) is 0. The van der Waals surface area contributed by atoms with Crippen LogP contribution in [0.1, 0.15) is 22.6 Å². The zero-order chi connectivity index (χ0) is 18.5. The van der Waals surface area contributed by atoms with E-state index >= 15 is 0 Å². The Hall–Kier alpha value is -2.27. The molecule has 4 nitrogen and oxygen atoms in total. The van der Waals surface area contributed by atoms with Crippen molar-refractivity contribution in [3.8, 4) is 0 Å². The highest BCUT2D eigenvalue weighted by Crippen LogP contribution is 2.33. The second kappa shape index (κ2) is 8.41. The summed E-state index contributed by atoms with van der Waals surface area (Å²) in [5, 5.41) is 9.55. The first-order valence-electron chi connectivity index (χ1n) is 8.73. The molecule has 0 radical (unpaired) electrons. The van der Waals surface area contributed by atoms with E-state index in [1.807, 2.05) is 36.4 Å². The Balaban J connectivity index is 1.58. The maximum atomic E-state index is 12.6. The molecule has 2 atom stereocenters. The molecule has 0 saturated carbocycles. The molecule has 1 aliphatic heterocycles. The highest BCUT2D eigenvalue weighted by Gasteiger charge is 2.40. The van der Waals surface area contributed by atoms with Crippen molar-refractivity contribution < 1.29 is 14.7 Å². The molecular formula is C21H23NO3S. The monoisotopic (exact) mass is 369 g/mol. The van der Waals surface area contributed by atoms with Gasteiger partial charge in [0.1, 0.15) is 0 Å². The molecule has 0 unspecified atom stereocenters. The predicted octanol–water partition coefficient (Wildman–Crippen LogP) is 3.56. The number of nitrogens with zero attached hydrogens (tertiary/aromatic N) is 1. The lowest BCUT2D eigenvalue weighted by molar-refractivity contribution is -0.141. The van der Waals surface area contributed by atoms with Gasteiger partial charge in [0.2, 0.25) is 5.91 Å². The van der Waals surface area contributed by atoms with Crippen LogP contribution < -0.4 is 0 Å². The molecule has 1 N–H and O–H groups in total. The number of hydrogen-bond acceptors (Lipinski definition) is 3. The fraction of sp³-hybridized carbons (Fsp3) is 0.333. The van der Waals surface area contributed by atoms with Gasteiger partial charge in [-0.3, -0.25) is 9.59 Å². The molecule has 1 fully saturated rings. The molecule has 1 heterocycles. The van der Waals surface area contributed by atoms with Crippen LogP contribution >= 0.6 is 11.8 Å². The van der Waals surface area contributed by atoms with E-state index in [1.54, 1.807) is 16.7 Å². The molecule has 0 spiro atoms. The van der Waals surface area contributed by atoms with Crippen molar-refractivity contribution in [2.45, 2.75) is 18.6 Å². The molecule has 0 aromatic heterocycles. The van der Waals surface area contributed by atoms with Crippen molar-refractivity contribution in [2.24, 2.45) is 5.92 Å². The molecule has 1 aliphatic rings. The van der Waals surface area contributed by atoms with Gasteiger partial charge in [-0.25, -0.2) is 0 Å². The number of rotatable bonds is 6. The maximum absolute atomic E-state index is 12.6. The number of carbonyl (C=O) groups excluding carboxylic acids is 1. The number of aryl methyl sites for hydroxylation is 1. The van der Waals surface area contributed by atoms with Crippen LogP contribution in [0.15, 0.2) is 54.6 Å². The number of thioether (sulfide) groups is 1. The van der Waals surface area contributed by atoms with Crippen LogP contribution in [0.3, 0.4) is 0 Å². The van der Waals surface area contributed by atoms with E-state index in [0.29, 0.717) is 18.8 Å². The second-order valence-electron chi connectivity index (χ2n) is 6.74. The van der Waals surface area contributed by atoms with E-state index in [0.717, 1.165) is 11.3 Å². The Morgan fingerprint density at radius 1 is 1.12 bits per heavy atom. The molecule has 1 amide bonds. The summed E-state index contributed by atoms with van der Waals surface area (Å²) >= 11 is 1.58. The van der Waals surface area contributed by atoms with Crippen LogP contribution in [0.5, 0.6) is 0 Å². The molecule has 2 aromatic rings. The van der Waals surface area contributed by atoms with Crippen molar-refractivity contribution in [2.75, 3.05) is 18.8 Å². The summed E-state index contributed by atoms with van der Waals surface area (Å²) in [6.07, 6.45) is 0. The van der Waals surface area contributed by atoms with Crippen LogP contribution in [0.2, 0.25) is 0 Å². The lowest BCUT2D eigenvalue weighted by Gasteiger charge is -2.16. The van der Waals surface area contributed by atoms with Gasteiger partial charge in [-0.15, -0.1) is 11.8 Å². The molecule has 136 valence electrons. The Kier molecular flexibility index (Phi) is 5.99. The molecule has 1 saturated heterocycles. The molecule has 0 bridgehead atoms. The second-order valence-corrected chi connectivity index (χ2v) is 7.73. The third-order valence-electron chi connectivity index (χ3n) is 4.79. The Morgan fingerprint density at radius 2 is 1.88 bits per heavy atom. The van der Waals surface area contributed by atoms with Crippen molar-refractivity contribution in [3.05, 3.63) is 71.3 Å². The smallest absolute Gasteiger partial charge is 0.308 e. The highest BCUT2D eigenvalue weighted by molar-refractivity contribution is 7.99. The molecule has 5 heteroatoms. The minimum atomic E-state index is -0.832. The van der Waals surface area contributed by atoms with Crippen molar-refractivity contribution in [3.63, 3.8) is 0 Å². The normalized spacial score (nSPS) is 19.5. The molecule has 26 heavy (non-hydrogen) atoms. The summed E-state index contributed by atoms with van der Waals surface area (Å²) in [5.74, 6) is -0.329. The Morgan fingerprint density at radius 3 is 2.58 bits per heavy atom. The van der Waals surface area contributed by atoms with E-state index in [-0.39, 0.29) is 11.8 Å². The molecule has 2 aromatic carbocycles. The molecule has 3 rings (SSSR count). The summed E-state index contributed by atoms with van der Waals surface area (Å²) in [6.45, 7) is 2.82. The standard InChI is InChI=1S/C21H23NO3S/c1-15-6-5-7-16(10-15)13-26-14-20(23)22-11-18(19(12-22)21(24)25)17-8-3-2-4-9-17/h2-10,18-19H,11-14H2,1H3,(H,24,25)/t18-,19-/m0/s1. The zero-order valence-corrected chi connectivity index (χ0v) is 15.6. The van der Waals surface area contributed by atoms with Gasteiger partial charge in [0, 0.05) is 24.8 Å². The Labute approximate surface area is 158 Å². The van der Waals surface area contributed by atoms with Gasteiger partial charge in [-0.1, -0.05) is 60.2 Å². The minimum absolute atomic E-state index is 0.0207. The van der Waals surface area contributed by atoms with Crippen LogP contribution in [-0.4, -0.2) is 40.7 Å². The number of likely N-dealkylation sites (tertiary alicyclic amines) is 1. The number of carboxylic acid groups (broad SMARTS) is 1. The first-order chi connectivity index (χ1) is 12.5. The number of benzene rings is 2. The van der Waals surface area contributed by atoms with Crippen LogP contribution in [0, 0.1) is 12.8 Å². The zero-order valence-electron chi connectivity index (χ0n) is 14.8. The summed E-state index contributed by atoms with van der Waals surface area (Å²) < 4.78 is 0. The topological polar surface area (TPSA) is 57.6 Å². The lowest BCUT2D eigenvalue weighted by Crippen LogP contribution is -2.31. The van der Waals surface area contributed by atoms with Crippen molar-refractivity contribution in [1.29, 1.82) is 0 Å². The fourth-order valence-electron chi connectivity index (χ4n) is 3.45. The van der Waals surface area contributed by atoms with Gasteiger partial charge in [0.25, 0.3) is 0 Å². The lowest BCUT2D eigenvalue weighted by atomic mass is 9.89. The average Bonchev–Trinajstić information content (AvgIpc) is 3.08. The number of amides is 1. The first-order valence-corrected chi connectivity index (χ1v) is 9.89. The fourth-order valence-corrected chi connectivity index (χ4v) is 4.32. The third kappa shape index (κ3) is 4.47. The van der Waals surface area contributed by atoms with Gasteiger partial charge in [-0.2, -0.15) is 0 Å². The van der Waals surface area contributed by atoms with Crippen LogP contribution in [0.4, 0.5) is 0 Å². The quantitative estimate of drug-likeness (QED) is 0.846. The number of carboxylic acids is 1. The van der Waals surface area contributed by atoms with E-state index in [2.05, 4.69) is 25.1 Å². The molecular weight excluding hydrogens is 346 g/mol. The van der Waals surface area contributed by atoms with Gasteiger partial charge in [0.05, 0.1) is 11.7 Å². The average molecular weight is 369 g/mol. The largest absolute Gasteiger partial charge is 0.481 e. The van der Waals surface area contributed by atoms with E-state index in [1.165, 1.54) is 11.1 Å². The van der Waals surface area contributed by atoms with Crippen LogP contribution in [0.25, 0.3) is 0 Å². The van der Waals surface area contributed by atoms with E-state index in [9.17, 15) is 14.7 Å². The molecule has 0 aliphatic carbocycles. The van der Waals surface area contributed by atoms with Gasteiger partial charge in [0.15, 0.2) is 0 Å². The van der Waals surface area contributed by atoms with Gasteiger partial charge < -0.3 is 10.0 Å². The van der Waals surface area contributed by atoms with Crippen LogP contribution in [-0.2, 0) is 15.3 Å². The van der Waals surface area contributed by atoms with Crippen molar-refractivity contribution >= 4 is 23.6 Å². The van der Waals surface area contributed by atoms with E-state index in [4.69, 9.17) is 0 Å². The maximum Gasteiger partial charge on any atom is 0.308 e. The highest BCUT2D eigenvalue weighted by atomic mass is 32.2. The predicted molar refractivity (Wildman–Crippen MR) is 104 cm³/mol. The Bertz CT molecular complexity index is 778. The summed E-state index contributed by atoms with van der Waals surface area (Å²) in [6, 6.07) is 17.9. The third-order valence-corrected chi connectivity index (χ3v) is 5.78. The number of carbonyl (C=O) groups is 2. The summed E-state index contributed by atoms with van der Waals surface area (Å²) in [4.78, 5) is 25.9. The van der Waals surface area contributed by atoms with Gasteiger partial charge >= 0.3 is 5.97 Å². The number of hydrogen-bond donors (Lipinski definition) is 1. The van der Waals surface area contributed by atoms with E-state index < -0.39 is 11.9 Å². The first kappa shape index (κ1) is 18.5.